The maximum absolute atomic E-state index is 13.0. The molecule has 1 aromatic heterocycles. The van der Waals surface area contributed by atoms with E-state index in [0.717, 1.165) is 21.3 Å². The molecule has 0 saturated heterocycles. The standard InChI is InChI=1S/C23H18N2OS/c26-22(16-15-18-9-3-1-4-10-18)25(17-19-11-5-2-6-12-19)23-24-20-13-7-8-14-21(20)27-23/h1-16H,17H2/b16-15+. The summed E-state index contributed by atoms with van der Waals surface area (Å²) in [5.41, 5.74) is 2.98. The van der Waals surface area contributed by atoms with E-state index in [2.05, 4.69) is 4.98 Å². The topological polar surface area (TPSA) is 33.2 Å². The largest absolute Gasteiger partial charge is 0.280 e. The summed E-state index contributed by atoms with van der Waals surface area (Å²) in [5, 5.41) is 0.711. The van der Waals surface area contributed by atoms with Crippen molar-refractivity contribution in [2.24, 2.45) is 0 Å². The first-order valence-corrected chi connectivity index (χ1v) is 9.55. The third-order valence-electron chi connectivity index (χ3n) is 4.18. The number of nitrogens with zero attached hydrogens (tertiary/aromatic N) is 2. The van der Waals surface area contributed by atoms with E-state index in [0.29, 0.717) is 11.7 Å². The molecule has 0 spiro atoms. The number of para-hydroxylation sites is 1. The Hall–Kier alpha value is -3.24. The number of thiazole rings is 1. The van der Waals surface area contributed by atoms with Crippen molar-refractivity contribution in [3.63, 3.8) is 0 Å². The number of carbonyl (C=O) groups is 1. The quantitative estimate of drug-likeness (QED) is 0.432. The van der Waals surface area contributed by atoms with E-state index in [1.807, 2.05) is 91.0 Å². The maximum Gasteiger partial charge on any atom is 0.253 e. The summed E-state index contributed by atoms with van der Waals surface area (Å²) in [5.74, 6) is -0.0817. The van der Waals surface area contributed by atoms with Gasteiger partial charge in [0.15, 0.2) is 5.13 Å². The number of anilines is 1. The number of aromatic nitrogens is 1. The van der Waals surface area contributed by atoms with Crippen LogP contribution < -0.4 is 4.90 Å². The zero-order valence-corrected chi connectivity index (χ0v) is 15.5. The van der Waals surface area contributed by atoms with Crippen molar-refractivity contribution in [3.05, 3.63) is 102 Å². The van der Waals surface area contributed by atoms with Gasteiger partial charge in [-0.05, 0) is 29.3 Å². The number of fused-ring (bicyclic) bond motifs is 1. The zero-order valence-electron chi connectivity index (χ0n) is 14.7. The Bertz CT molecular complexity index is 1040. The van der Waals surface area contributed by atoms with Crippen LogP contribution in [0.25, 0.3) is 16.3 Å². The van der Waals surface area contributed by atoms with Crippen molar-refractivity contribution in [1.29, 1.82) is 0 Å². The van der Waals surface area contributed by atoms with Gasteiger partial charge in [0.05, 0.1) is 16.8 Å². The lowest BCUT2D eigenvalue weighted by Crippen LogP contribution is -2.28. The lowest BCUT2D eigenvalue weighted by molar-refractivity contribution is -0.114. The van der Waals surface area contributed by atoms with Crippen LogP contribution in [-0.4, -0.2) is 10.9 Å². The Balaban J connectivity index is 1.66. The van der Waals surface area contributed by atoms with Gasteiger partial charge in [-0.25, -0.2) is 4.98 Å². The van der Waals surface area contributed by atoms with Crippen molar-refractivity contribution in [1.82, 2.24) is 4.98 Å². The number of rotatable bonds is 5. The summed E-state index contributed by atoms with van der Waals surface area (Å²) >= 11 is 1.53. The molecule has 0 unspecified atom stereocenters. The minimum atomic E-state index is -0.0817. The van der Waals surface area contributed by atoms with Crippen LogP contribution in [0.3, 0.4) is 0 Å². The molecule has 0 N–H and O–H groups in total. The molecule has 0 aliphatic carbocycles. The van der Waals surface area contributed by atoms with Gasteiger partial charge >= 0.3 is 0 Å². The molecule has 0 aliphatic rings. The molecule has 0 fully saturated rings. The Labute approximate surface area is 162 Å². The molecule has 4 aromatic rings. The highest BCUT2D eigenvalue weighted by molar-refractivity contribution is 7.22. The predicted molar refractivity (Wildman–Crippen MR) is 113 cm³/mol. The molecule has 1 heterocycles. The fraction of sp³-hybridized carbons (Fsp3) is 0.0435. The Kier molecular flexibility index (Phi) is 5.08. The molecule has 1 amide bonds. The highest BCUT2D eigenvalue weighted by Gasteiger charge is 2.18. The summed E-state index contributed by atoms with van der Waals surface area (Å²) in [6, 6.07) is 27.8. The van der Waals surface area contributed by atoms with Crippen LogP contribution in [0.5, 0.6) is 0 Å². The smallest absolute Gasteiger partial charge is 0.253 e. The van der Waals surface area contributed by atoms with E-state index < -0.39 is 0 Å². The molecule has 4 rings (SSSR count). The summed E-state index contributed by atoms with van der Waals surface area (Å²) in [4.78, 5) is 19.4. The van der Waals surface area contributed by atoms with E-state index in [4.69, 9.17) is 0 Å². The van der Waals surface area contributed by atoms with Crippen molar-refractivity contribution >= 4 is 38.7 Å². The van der Waals surface area contributed by atoms with Crippen molar-refractivity contribution in [3.8, 4) is 0 Å². The first-order valence-electron chi connectivity index (χ1n) is 8.74. The second-order valence-corrected chi connectivity index (χ2v) is 7.13. The van der Waals surface area contributed by atoms with Gasteiger partial charge in [0.2, 0.25) is 0 Å². The second-order valence-electron chi connectivity index (χ2n) is 6.12. The van der Waals surface area contributed by atoms with Crippen LogP contribution in [0.4, 0.5) is 5.13 Å². The highest BCUT2D eigenvalue weighted by Crippen LogP contribution is 2.30. The molecular formula is C23H18N2OS. The Morgan fingerprint density at radius 3 is 2.30 bits per heavy atom. The van der Waals surface area contributed by atoms with E-state index in [9.17, 15) is 4.79 Å². The average Bonchev–Trinajstić information content (AvgIpc) is 3.15. The monoisotopic (exact) mass is 370 g/mol. The lowest BCUT2D eigenvalue weighted by Gasteiger charge is -2.18. The van der Waals surface area contributed by atoms with E-state index in [-0.39, 0.29) is 5.91 Å². The Morgan fingerprint density at radius 1 is 0.889 bits per heavy atom. The van der Waals surface area contributed by atoms with Crippen LogP contribution in [0.1, 0.15) is 11.1 Å². The molecule has 0 aliphatic heterocycles. The fourth-order valence-electron chi connectivity index (χ4n) is 2.80. The first kappa shape index (κ1) is 17.2. The van der Waals surface area contributed by atoms with E-state index in [1.54, 1.807) is 11.0 Å². The van der Waals surface area contributed by atoms with Crippen molar-refractivity contribution < 1.29 is 4.79 Å². The lowest BCUT2D eigenvalue weighted by atomic mass is 10.2. The van der Waals surface area contributed by atoms with Gasteiger partial charge in [0.1, 0.15) is 0 Å². The van der Waals surface area contributed by atoms with Crippen molar-refractivity contribution in [2.45, 2.75) is 6.54 Å². The number of hydrogen-bond donors (Lipinski definition) is 0. The number of hydrogen-bond acceptors (Lipinski definition) is 3. The van der Waals surface area contributed by atoms with Crippen LogP contribution in [0.2, 0.25) is 0 Å². The summed E-state index contributed by atoms with van der Waals surface area (Å²) in [7, 11) is 0. The second kappa shape index (κ2) is 7.98. The van der Waals surface area contributed by atoms with Gasteiger partial charge in [0, 0.05) is 6.08 Å². The third kappa shape index (κ3) is 4.13. The molecule has 3 nitrogen and oxygen atoms in total. The highest BCUT2D eigenvalue weighted by atomic mass is 32.1. The minimum absolute atomic E-state index is 0.0817. The molecule has 132 valence electrons. The minimum Gasteiger partial charge on any atom is -0.280 e. The van der Waals surface area contributed by atoms with Crippen LogP contribution in [0.15, 0.2) is 91.0 Å². The van der Waals surface area contributed by atoms with Crippen LogP contribution >= 0.6 is 11.3 Å². The summed E-state index contributed by atoms with van der Waals surface area (Å²) in [6.07, 6.45) is 3.46. The molecule has 3 aromatic carbocycles. The average molecular weight is 370 g/mol. The number of benzene rings is 3. The summed E-state index contributed by atoms with van der Waals surface area (Å²) in [6.45, 7) is 0.485. The summed E-state index contributed by atoms with van der Waals surface area (Å²) < 4.78 is 1.07. The Morgan fingerprint density at radius 2 is 1.56 bits per heavy atom. The van der Waals surface area contributed by atoms with Gasteiger partial charge in [-0.3, -0.25) is 9.69 Å². The first-order chi connectivity index (χ1) is 13.3. The third-order valence-corrected chi connectivity index (χ3v) is 5.24. The van der Waals surface area contributed by atoms with Gasteiger partial charge < -0.3 is 0 Å². The number of amides is 1. The van der Waals surface area contributed by atoms with Crippen molar-refractivity contribution in [2.75, 3.05) is 4.90 Å². The molecule has 27 heavy (non-hydrogen) atoms. The number of carbonyl (C=O) groups excluding carboxylic acids is 1. The molecule has 0 atom stereocenters. The van der Waals surface area contributed by atoms with E-state index >= 15 is 0 Å². The van der Waals surface area contributed by atoms with E-state index in [1.165, 1.54) is 11.3 Å². The molecule has 0 saturated carbocycles. The maximum atomic E-state index is 13.0. The van der Waals surface area contributed by atoms with Gasteiger partial charge in [-0.15, -0.1) is 0 Å². The van der Waals surface area contributed by atoms with Crippen LogP contribution in [-0.2, 0) is 11.3 Å². The molecule has 4 heteroatoms. The van der Waals surface area contributed by atoms with Gasteiger partial charge in [-0.2, -0.15) is 0 Å². The molecule has 0 radical (unpaired) electrons. The fourth-order valence-corrected chi connectivity index (χ4v) is 3.77. The zero-order chi connectivity index (χ0) is 18.5. The van der Waals surface area contributed by atoms with Gasteiger partial charge in [-0.1, -0.05) is 84.1 Å². The predicted octanol–water partition coefficient (Wildman–Crippen LogP) is 5.54. The molecule has 0 bridgehead atoms. The van der Waals surface area contributed by atoms with Crippen LogP contribution in [0, 0.1) is 0 Å². The normalized spacial score (nSPS) is 11.1. The SMILES string of the molecule is O=C(/C=C/c1ccccc1)N(Cc1ccccc1)c1nc2ccccc2s1. The van der Waals surface area contributed by atoms with Gasteiger partial charge in [0.25, 0.3) is 5.91 Å². The molecular weight excluding hydrogens is 352 g/mol.